The highest BCUT2D eigenvalue weighted by Crippen LogP contribution is 2.58. The van der Waals surface area contributed by atoms with E-state index in [4.69, 9.17) is 17.5 Å². The lowest BCUT2D eigenvalue weighted by molar-refractivity contribution is 0.366. The highest BCUT2D eigenvalue weighted by atomic mass is 32.3. The maximum atomic E-state index is 8.63. The standard InChI is InChI=1S/C27H24P.H2O4S/c1-2-23-18-20-24(21-19-23)22-28(25-12-6-3-7-13-25,26-14-8-4-9-15-26)27-16-10-5-11-17-27;1-5(2,3)4/h2-21H,1,22H2;(H2,1,2,3,4)/q+1;/p-1. The van der Waals surface area contributed by atoms with Crippen LogP contribution in [0.2, 0.25) is 0 Å². The van der Waals surface area contributed by atoms with Gasteiger partial charge in [0.25, 0.3) is 0 Å². The van der Waals surface area contributed by atoms with Crippen molar-refractivity contribution in [3.8, 4) is 0 Å². The van der Waals surface area contributed by atoms with Crippen LogP contribution in [0.15, 0.2) is 122 Å². The van der Waals surface area contributed by atoms with Crippen LogP contribution in [-0.4, -0.2) is 17.5 Å². The molecule has 4 aromatic carbocycles. The van der Waals surface area contributed by atoms with Crippen LogP contribution in [0.5, 0.6) is 0 Å². The van der Waals surface area contributed by atoms with E-state index in [0.717, 1.165) is 11.7 Å². The van der Waals surface area contributed by atoms with Gasteiger partial charge in [0.1, 0.15) is 23.2 Å². The normalized spacial score (nSPS) is 11.2. The smallest absolute Gasteiger partial charge is 0.215 e. The summed E-state index contributed by atoms with van der Waals surface area (Å²) in [4.78, 5) is 0. The van der Waals surface area contributed by atoms with Gasteiger partial charge in [-0.1, -0.05) is 91.5 Å². The fourth-order valence-electron chi connectivity index (χ4n) is 3.80. The van der Waals surface area contributed by atoms with Crippen molar-refractivity contribution in [2.24, 2.45) is 0 Å². The largest absolute Gasteiger partial charge is 0.726 e. The van der Waals surface area contributed by atoms with Crippen molar-refractivity contribution < 1.29 is 17.5 Å². The van der Waals surface area contributed by atoms with Crippen LogP contribution < -0.4 is 15.9 Å². The van der Waals surface area contributed by atoms with E-state index in [0.29, 0.717) is 0 Å². The van der Waals surface area contributed by atoms with E-state index in [2.05, 4.69) is 122 Å². The molecule has 33 heavy (non-hydrogen) atoms. The van der Waals surface area contributed by atoms with E-state index in [1.54, 1.807) is 0 Å². The Hall–Kier alpha value is -3.08. The topological polar surface area (TPSA) is 77.4 Å². The molecule has 0 bridgehead atoms. The monoisotopic (exact) mass is 476 g/mol. The Kier molecular flexibility index (Phi) is 8.32. The third kappa shape index (κ3) is 6.70. The summed E-state index contributed by atoms with van der Waals surface area (Å²) in [6.07, 6.45) is 2.90. The molecule has 0 saturated heterocycles. The second kappa shape index (κ2) is 11.2. The molecule has 0 fully saturated rings. The van der Waals surface area contributed by atoms with Crippen molar-refractivity contribution in [3.63, 3.8) is 0 Å². The number of rotatable bonds is 6. The SMILES string of the molecule is C=Cc1ccc(C[P+](c2ccccc2)(c2ccccc2)c2ccccc2)cc1.O=S(=O)([O-])O. The Labute approximate surface area is 196 Å². The lowest BCUT2D eigenvalue weighted by Crippen LogP contribution is -2.32. The van der Waals surface area contributed by atoms with Crippen LogP contribution >= 0.6 is 7.26 Å². The van der Waals surface area contributed by atoms with Gasteiger partial charge in [0.05, 0.1) is 6.16 Å². The molecule has 1 N–H and O–H groups in total. The van der Waals surface area contributed by atoms with Gasteiger partial charge in [-0.15, -0.1) is 0 Å². The van der Waals surface area contributed by atoms with Gasteiger partial charge in [0.15, 0.2) is 0 Å². The zero-order valence-electron chi connectivity index (χ0n) is 18.0. The van der Waals surface area contributed by atoms with Crippen LogP contribution in [0.4, 0.5) is 0 Å². The third-order valence-corrected chi connectivity index (χ3v) is 9.60. The summed E-state index contributed by atoms with van der Waals surface area (Å²) in [7, 11) is -6.74. The van der Waals surface area contributed by atoms with E-state index in [1.807, 2.05) is 6.08 Å². The van der Waals surface area contributed by atoms with Crippen LogP contribution in [-0.2, 0) is 16.6 Å². The fraction of sp³-hybridized carbons (Fsp3) is 0.0370. The quantitative estimate of drug-likeness (QED) is 0.246. The molecule has 0 unspecified atom stereocenters. The van der Waals surface area contributed by atoms with Gasteiger partial charge < -0.3 is 4.55 Å². The summed E-state index contributed by atoms with van der Waals surface area (Å²) in [6.45, 7) is 3.88. The van der Waals surface area contributed by atoms with Gasteiger partial charge in [-0.3, -0.25) is 4.55 Å². The maximum absolute atomic E-state index is 8.63. The summed E-state index contributed by atoms with van der Waals surface area (Å²) in [5.74, 6) is 0. The summed E-state index contributed by atoms with van der Waals surface area (Å²) >= 11 is 0. The molecule has 0 aromatic heterocycles. The molecule has 0 spiro atoms. The van der Waals surface area contributed by atoms with Crippen molar-refractivity contribution >= 4 is 39.7 Å². The van der Waals surface area contributed by atoms with Crippen LogP contribution in [0.3, 0.4) is 0 Å². The minimum atomic E-state index is -4.92. The molecule has 0 saturated carbocycles. The average Bonchev–Trinajstić information content (AvgIpc) is 2.83. The minimum absolute atomic E-state index is 1.00. The van der Waals surface area contributed by atoms with Crippen molar-refractivity contribution in [3.05, 3.63) is 133 Å². The first kappa shape index (κ1) is 24.6. The molecule has 0 radical (unpaired) electrons. The molecule has 0 atom stereocenters. The van der Waals surface area contributed by atoms with E-state index in [9.17, 15) is 0 Å². The minimum Gasteiger partial charge on any atom is -0.726 e. The molecular weight excluding hydrogens is 451 g/mol. The van der Waals surface area contributed by atoms with E-state index in [-0.39, 0.29) is 0 Å². The molecule has 4 nitrogen and oxygen atoms in total. The zero-order valence-corrected chi connectivity index (χ0v) is 19.7. The van der Waals surface area contributed by atoms with Gasteiger partial charge >= 0.3 is 0 Å². The molecule has 4 rings (SSSR count). The molecule has 0 aliphatic rings. The molecule has 0 amide bonds. The fourth-order valence-corrected chi connectivity index (χ4v) is 8.05. The van der Waals surface area contributed by atoms with Crippen molar-refractivity contribution in [1.29, 1.82) is 0 Å². The molecule has 0 aliphatic heterocycles. The van der Waals surface area contributed by atoms with Gasteiger partial charge in [0, 0.05) is 0 Å². The van der Waals surface area contributed by atoms with Gasteiger partial charge in [-0.25, -0.2) is 8.42 Å². The first-order chi connectivity index (χ1) is 15.8. The van der Waals surface area contributed by atoms with Crippen molar-refractivity contribution in [2.75, 3.05) is 0 Å². The summed E-state index contributed by atoms with van der Waals surface area (Å²) in [6, 6.07) is 41.9. The summed E-state index contributed by atoms with van der Waals surface area (Å²) in [5.41, 5.74) is 2.52. The molecular formula is C27H25O4PS. The Morgan fingerprint density at radius 3 is 1.33 bits per heavy atom. The highest BCUT2D eigenvalue weighted by molar-refractivity contribution is 7.95. The average molecular weight is 477 g/mol. The first-order valence-electron chi connectivity index (χ1n) is 10.3. The number of hydrogen-bond acceptors (Lipinski definition) is 3. The second-order valence-corrected chi connectivity index (χ2v) is 11.7. The molecule has 0 heterocycles. The lowest BCUT2D eigenvalue weighted by Gasteiger charge is -2.27. The Morgan fingerprint density at radius 1 is 0.697 bits per heavy atom. The molecule has 0 aliphatic carbocycles. The van der Waals surface area contributed by atoms with Crippen molar-refractivity contribution in [2.45, 2.75) is 6.16 Å². The van der Waals surface area contributed by atoms with E-state index < -0.39 is 17.7 Å². The van der Waals surface area contributed by atoms with Crippen LogP contribution in [0.25, 0.3) is 6.08 Å². The number of hydrogen-bond donors (Lipinski definition) is 1. The Bertz CT molecular complexity index is 1150. The summed E-state index contributed by atoms with van der Waals surface area (Å²) < 4.78 is 32.8. The molecule has 168 valence electrons. The predicted octanol–water partition coefficient (Wildman–Crippen LogP) is 4.83. The maximum Gasteiger partial charge on any atom is 0.215 e. The molecule has 6 heteroatoms. The lowest BCUT2D eigenvalue weighted by atomic mass is 10.1. The van der Waals surface area contributed by atoms with Gasteiger partial charge in [0.2, 0.25) is 10.4 Å². The highest BCUT2D eigenvalue weighted by Gasteiger charge is 2.45. The number of benzene rings is 4. The Balaban J connectivity index is 0.000000555. The zero-order chi connectivity index (χ0) is 23.7. The van der Waals surface area contributed by atoms with Crippen molar-refractivity contribution in [1.82, 2.24) is 0 Å². The van der Waals surface area contributed by atoms with Gasteiger partial charge in [-0.05, 0) is 47.5 Å². The Morgan fingerprint density at radius 2 is 1.03 bits per heavy atom. The van der Waals surface area contributed by atoms with E-state index in [1.165, 1.54) is 21.5 Å². The molecule has 4 aromatic rings. The third-order valence-electron chi connectivity index (χ3n) is 5.23. The van der Waals surface area contributed by atoms with E-state index >= 15 is 0 Å². The van der Waals surface area contributed by atoms with Crippen LogP contribution in [0, 0.1) is 0 Å². The summed E-state index contributed by atoms with van der Waals surface area (Å²) in [5, 5.41) is 4.25. The predicted molar refractivity (Wildman–Crippen MR) is 138 cm³/mol. The van der Waals surface area contributed by atoms with Gasteiger partial charge in [-0.2, -0.15) is 0 Å². The first-order valence-corrected chi connectivity index (χ1v) is 13.6. The second-order valence-electron chi connectivity index (χ2n) is 7.35. The van der Waals surface area contributed by atoms with Crippen LogP contribution in [0.1, 0.15) is 11.1 Å².